The second-order valence-electron chi connectivity index (χ2n) is 6.75. The summed E-state index contributed by atoms with van der Waals surface area (Å²) in [6.45, 7) is 11.5. The molecule has 116 valence electrons. The van der Waals surface area contributed by atoms with Crippen LogP contribution in [0.5, 0.6) is 0 Å². The van der Waals surface area contributed by atoms with E-state index in [4.69, 9.17) is 4.52 Å². The van der Waals surface area contributed by atoms with Crippen LogP contribution >= 0.6 is 0 Å². The maximum atomic E-state index is 12.7. The summed E-state index contributed by atoms with van der Waals surface area (Å²) in [4.78, 5) is 26.3. The van der Waals surface area contributed by atoms with Gasteiger partial charge in [0.2, 0.25) is 11.8 Å². The molecule has 2 heterocycles. The van der Waals surface area contributed by atoms with E-state index in [2.05, 4.69) is 10.5 Å². The number of rotatable bonds is 2. The van der Waals surface area contributed by atoms with Crippen LogP contribution in [0.2, 0.25) is 0 Å². The quantitative estimate of drug-likeness (QED) is 0.901. The molecule has 1 N–H and O–H groups in total. The number of carbonyl (C=O) groups is 2. The summed E-state index contributed by atoms with van der Waals surface area (Å²) in [5.41, 5.74) is 1.31. The first-order valence-electron chi connectivity index (χ1n) is 7.15. The maximum absolute atomic E-state index is 12.7. The standard InChI is InChI=1S/C15H23N3O3/c1-8-12(10(3)21-17-8)9(2)18-7-11(19)16-13(14(18)20)15(4,5)6/h9,13H,7H2,1-6H3,(H,16,19). The molecule has 0 spiro atoms. The van der Waals surface area contributed by atoms with E-state index in [1.807, 2.05) is 41.5 Å². The molecule has 2 atom stereocenters. The molecular formula is C15H23N3O3. The van der Waals surface area contributed by atoms with Gasteiger partial charge in [-0.05, 0) is 26.2 Å². The molecule has 1 aliphatic rings. The molecule has 1 fully saturated rings. The zero-order valence-electron chi connectivity index (χ0n) is 13.5. The molecule has 0 saturated carbocycles. The lowest BCUT2D eigenvalue weighted by atomic mass is 9.84. The van der Waals surface area contributed by atoms with Crippen molar-refractivity contribution in [2.75, 3.05) is 6.54 Å². The summed E-state index contributed by atoms with van der Waals surface area (Å²) in [6, 6.07) is -0.749. The first-order valence-corrected chi connectivity index (χ1v) is 7.15. The van der Waals surface area contributed by atoms with Crippen molar-refractivity contribution in [1.82, 2.24) is 15.4 Å². The van der Waals surface area contributed by atoms with E-state index < -0.39 is 6.04 Å². The van der Waals surface area contributed by atoms with Gasteiger partial charge in [0.1, 0.15) is 18.3 Å². The Kier molecular flexibility index (Phi) is 3.82. The Morgan fingerprint density at radius 2 is 1.95 bits per heavy atom. The Labute approximate surface area is 124 Å². The molecule has 0 radical (unpaired) electrons. The molecule has 1 aliphatic heterocycles. The number of amides is 2. The number of aryl methyl sites for hydroxylation is 2. The number of hydrogen-bond acceptors (Lipinski definition) is 4. The van der Waals surface area contributed by atoms with Gasteiger partial charge in [-0.1, -0.05) is 25.9 Å². The van der Waals surface area contributed by atoms with Gasteiger partial charge in [0.15, 0.2) is 0 Å². The molecule has 6 heteroatoms. The van der Waals surface area contributed by atoms with Crippen molar-refractivity contribution in [2.45, 2.75) is 53.6 Å². The average Bonchev–Trinajstić information content (AvgIpc) is 2.69. The third-order valence-electron chi connectivity index (χ3n) is 3.99. The summed E-state index contributed by atoms with van der Waals surface area (Å²) >= 11 is 0. The van der Waals surface area contributed by atoms with E-state index in [9.17, 15) is 9.59 Å². The molecule has 1 saturated heterocycles. The van der Waals surface area contributed by atoms with Crippen molar-refractivity contribution >= 4 is 11.8 Å². The van der Waals surface area contributed by atoms with E-state index in [-0.39, 0.29) is 29.8 Å². The van der Waals surface area contributed by atoms with Crippen molar-refractivity contribution < 1.29 is 14.1 Å². The summed E-state index contributed by atoms with van der Waals surface area (Å²) in [6.07, 6.45) is 0. The molecule has 0 aromatic carbocycles. The topological polar surface area (TPSA) is 75.4 Å². The first kappa shape index (κ1) is 15.5. The number of hydrogen-bond donors (Lipinski definition) is 1. The van der Waals surface area contributed by atoms with Gasteiger partial charge in [0, 0.05) is 5.56 Å². The fourth-order valence-electron chi connectivity index (χ4n) is 2.82. The largest absolute Gasteiger partial charge is 0.361 e. The third kappa shape index (κ3) is 2.80. The maximum Gasteiger partial charge on any atom is 0.246 e. The minimum absolute atomic E-state index is 0.0606. The molecule has 6 nitrogen and oxygen atoms in total. The Hall–Kier alpha value is -1.85. The minimum atomic E-state index is -0.512. The SMILES string of the molecule is Cc1noc(C)c1C(C)N1CC(=O)NC(C(C)(C)C)C1=O. The molecule has 2 rings (SSSR count). The van der Waals surface area contributed by atoms with Crippen LogP contribution in [0.1, 0.15) is 50.8 Å². The Morgan fingerprint density at radius 3 is 2.43 bits per heavy atom. The van der Waals surface area contributed by atoms with Crippen molar-refractivity contribution in [3.63, 3.8) is 0 Å². The number of piperazine rings is 1. The molecule has 0 aliphatic carbocycles. The Bertz CT molecular complexity index is 552. The highest BCUT2D eigenvalue weighted by Gasteiger charge is 2.42. The van der Waals surface area contributed by atoms with Crippen molar-refractivity contribution in [3.05, 3.63) is 17.0 Å². The molecule has 1 aromatic rings. The molecule has 2 unspecified atom stereocenters. The number of carbonyl (C=O) groups excluding carboxylic acids is 2. The van der Waals surface area contributed by atoms with Gasteiger partial charge < -0.3 is 14.7 Å². The highest BCUT2D eigenvalue weighted by Crippen LogP contribution is 2.31. The fraction of sp³-hybridized carbons (Fsp3) is 0.667. The van der Waals surface area contributed by atoms with Crippen LogP contribution in [-0.4, -0.2) is 34.5 Å². The molecule has 2 amide bonds. The lowest BCUT2D eigenvalue weighted by Crippen LogP contribution is -2.62. The van der Waals surface area contributed by atoms with Crippen LogP contribution < -0.4 is 5.32 Å². The summed E-state index contributed by atoms with van der Waals surface area (Å²) in [5.74, 6) is 0.494. The summed E-state index contributed by atoms with van der Waals surface area (Å²) in [5, 5.41) is 6.73. The Morgan fingerprint density at radius 1 is 1.33 bits per heavy atom. The van der Waals surface area contributed by atoms with E-state index in [1.165, 1.54) is 0 Å². The smallest absolute Gasteiger partial charge is 0.246 e. The van der Waals surface area contributed by atoms with Gasteiger partial charge in [-0.2, -0.15) is 0 Å². The van der Waals surface area contributed by atoms with Gasteiger partial charge in [-0.3, -0.25) is 9.59 Å². The summed E-state index contributed by atoms with van der Waals surface area (Å²) in [7, 11) is 0. The van der Waals surface area contributed by atoms with Crippen molar-refractivity contribution in [1.29, 1.82) is 0 Å². The minimum Gasteiger partial charge on any atom is -0.361 e. The normalized spacial score (nSPS) is 21.4. The molecule has 0 bridgehead atoms. The lowest BCUT2D eigenvalue weighted by Gasteiger charge is -2.41. The van der Waals surface area contributed by atoms with E-state index in [1.54, 1.807) is 4.90 Å². The molecule has 21 heavy (non-hydrogen) atoms. The highest BCUT2D eigenvalue weighted by atomic mass is 16.5. The van der Waals surface area contributed by atoms with E-state index in [0.29, 0.717) is 5.76 Å². The van der Waals surface area contributed by atoms with E-state index in [0.717, 1.165) is 11.3 Å². The lowest BCUT2D eigenvalue weighted by molar-refractivity contribution is -0.149. The van der Waals surface area contributed by atoms with Crippen LogP contribution in [-0.2, 0) is 9.59 Å². The van der Waals surface area contributed by atoms with Gasteiger partial charge in [-0.15, -0.1) is 0 Å². The second-order valence-corrected chi connectivity index (χ2v) is 6.75. The average molecular weight is 293 g/mol. The van der Waals surface area contributed by atoms with Crippen LogP contribution in [0, 0.1) is 19.3 Å². The van der Waals surface area contributed by atoms with Crippen molar-refractivity contribution in [3.8, 4) is 0 Å². The van der Waals surface area contributed by atoms with Crippen LogP contribution in [0.25, 0.3) is 0 Å². The Balaban J connectivity index is 2.34. The van der Waals surface area contributed by atoms with Crippen molar-refractivity contribution in [2.24, 2.45) is 5.41 Å². The number of aromatic nitrogens is 1. The third-order valence-corrected chi connectivity index (χ3v) is 3.99. The van der Waals surface area contributed by atoms with Gasteiger partial charge >= 0.3 is 0 Å². The monoisotopic (exact) mass is 293 g/mol. The van der Waals surface area contributed by atoms with Crippen LogP contribution in [0.15, 0.2) is 4.52 Å². The van der Waals surface area contributed by atoms with Gasteiger partial charge in [0.05, 0.1) is 11.7 Å². The van der Waals surface area contributed by atoms with E-state index >= 15 is 0 Å². The zero-order valence-corrected chi connectivity index (χ0v) is 13.5. The summed E-state index contributed by atoms with van der Waals surface area (Å²) < 4.78 is 5.17. The molecule has 1 aromatic heterocycles. The van der Waals surface area contributed by atoms with Gasteiger partial charge in [0.25, 0.3) is 0 Å². The fourth-order valence-corrected chi connectivity index (χ4v) is 2.82. The predicted molar refractivity (Wildman–Crippen MR) is 77.5 cm³/mol. The number of nitrogens with one attached hydrogen (secondary N) is 1. The predicted octanol–water partition coefficient (Wildman–Crippen LogP) is 1.73. The van der Waals surface area contributed by atoms with Crippen LogP contribution in [0.3, 0.4) is 0 Å². The second kappa shape index (κ2) is 5.16. The molecular weight excluding hydrogens is 270 g/mol. The van der Waals surface area contributed by atoms with Crippen LogP contribution in [0.4, 0.5) is 0 Å². The van der Waals surface area contributed by atoms with Gasteiger partial charge in [-0.25, -0.2) is 0 Å². The highest BCUT2D eigenvalue weighted by molar-refractivity contribution is 5.95. The first-order chi connectivity index (χ1) is 9.62. The zero-order chi connectivity index (χ0) is 15.9. The number of nitrogens with zero attached hydrogens (tertiary/aromatic N) is 2.